The van der Waals surface area contributed by atoms with E-state index < -0.39 is 0 Å². The molecule has 1 atom stereocenters. The van der Waals surface area contributed by atoms with Crippen LogP contribution in [0.2, 0.25) is 5.02 Å². The van der Waals surface area contributed by atoms with Gasteiger partial charge in [-0.1, -0.05) is 17.7 Å². The first-order chi connectivity index (χ1) is 6.63. The number of aryl methyl sites for hydroxylation is 1. The Morgan fingerprint density at radius 3 is 2.86 bits per heavy atom. The Morgan fingerprint density at radius 1 is 1.50 bits per heavy atom. The summed E-state index contributed by atoms with van der Waals surface area (Å²) in [5, 5.41) is 3.77. The van der Waals surface area contributed by atoms with E-state index in [4.69, 9.17) is 16.3 Å². The van der Waals surface area contributed by atoms with Crippen LogP contribution in [-0.2, 0) is 0 Å². The summed E-state index contributed by atoms with van der Waals surface area (Å²) in [5.41, 5.74) is 1.11. The van der Waals surface area contributed by atoms with Crippen molar-refractivity contribution in [1.82, 2.24) is 5.32 Å². The number of likely N-dealkylation sites (N-methyl/N-ethyl adjacent to an activating group) is 1. The van der Waals surface area contributed by atoms with Crippen LogP contribution < -0.4 is 10.1 Å². The molecule has 0 fully saturated rings. The molecule has 0 amide bonds. The molecule has 3 heteroatoms. The number of halogens is 1. The van der Waals surface area contributed by atoms with E-state index in [0.29, 0.717) is 5.02 Å². The van der Waals surface area contributed by atoms with Crippen molar-refractivity contribution in [2.24, 2.45) is 0 Å². The molecule has 1 rings (SSSR count). The highest BCUT2D eigenvalue weighted by atomic mass is 35.5. The van der Waals surface area contributed by atoms with Gasteiger partial charge in [0.1, 0.15) is 11.9 Å². The first-order valence-electron chi connectivity index (χ1n) is 4.71. The third-order valence-electron chi connectivity index (χ3n) is 1.97. The number of benzene rings is 1. The molecule has 1 unspecified atom stereocenters. The SMILES string of the molecule is CNCC(C)Oc1cc(Cl)ccc1C. The van der Waals surface area contributed by atoms with Gasteiger partial charge in [0, 0.05) is 11.6 Å². The molecule has 1 aromatic carbocycles. The molecule has 0 aliphatic rings. The van der Waals surface area contributed by atoms with Crippen molar-refractivity contribution < 1.29 is 4.74 Å². The Labute approximate surface area is 90.2 Å². The molecule has 0 aromatic heterocycles. The third-order valence-corrected chi connectivity index (χ3v) is 2.21. The fraction of sp³-hybridized carbons (Fsp3) is 0.455. The van der Waals surface area contributed by atoms with Crippen molar-refractivity contribution in [3.63, 3.8) is 0 Å². The second-order valence-corrected chi connectivity index (χ2v) is 3.83. The maximum absolute atomic E-state index is 5.88. The van der Waals surface area contributed by atoms with Crippen LogP contribution in [0.3, 0.4) is 0 Å². The van der Waals surface area contributed by atoms with Crippen LogP contribution in [0.1, 0.15) is 12.5 Å². The molecule has 0 saturated carbocycles. The molecule has 2 nitrogen and oxygen atoms in total. The standard InChI is InChI=1S/C11H16ClNO/c1-8-4-5-10(12)6-11(8)14-9(2)7-13-3/h4-6,9,13H,7H2,1-3H3. The van der Waals surface area contributed by atoms with Crippen LogP contribution in [0.15, 0.2) is 18.2 Å². The topological polar surface area (TPSA) is 21.3 Å². The van der Waals surface area contributed by atoms with Crippen LogP contribution in [0.4, 0.5) is 0 Å². The van der Waals surface area contributed by atoms with E-state index >= 15 is 0 Å². The van der Waals surface area contributed by atoms with E-state index in [9.17, 15) is 0 Å². The molecular formula is C11H16ClNO. The lowest BCUT2D eigenvalue weighted by molar-refractivity contribution is 0.219. The largest absolute Gasteiger partial charge is 0.489 e. The van der Waals surface area contributed by atoms with Crippen molar-refractivity contribution in [1.29, 1.82) is 0 Å². The summed E-state index contributed by atoms with van der Waals surface area (Å²) >= 11 is 5.88. The molecule has 0 aliphatic carbocycles. The second kappa shape index (κ2) is 5.23. The molecule has 78 valence electrons. The molecule has 0 spiro atoms. The molecular weight excluding hydrogens is 198 g/mol. The number of hydrogen-bond acceptors (Lipinski definition) is 2. The summed E-state index contributed by atoms with van der Waals surface area (Å²) in [7, 11) is 1.91. The van der Waals surface area contributed by atoms with Crippen molar-refractivity contribution in [2.75, 3.05) is 13.6 Å². The Balaban J connectivity index is 2.70. The number of nitrogens with one attached hydrogen (secondary N) is 1. The summed E-state index contributed by atoms with van der Waals surface area (Å²) in [6, 6.07) is 5.68. The van der Waals surface area contributed by atoms with E-state index in [0.717, 1.165) is 17.9 Å². The smallest absolute Gasteiger partial charge is 0.124 e. The van der Waals surface area contributed by atoms with E-state index in [1.807, 2.05) is 39.1 Å². The predicted octanol–water partition coefficient (Wildman–Crippen LogP) is 2.64. The van der Waals surface area contributed by atoms with Crippen molar-refractivity contribution in [2.45, 2.75) is 20.0 Å². The summed E-state index contributed by atoms with van der Waals surface area (Å²) in [4.78, 5) is 0. The number of ether oxygens (including phenoxy) is 1. The van der Waals surface area contributed by atoms with Crippen LogP contribution in [0.25, 0.3) is 0 Å². The molecule has 0 radical (unpaired) electrons. The maximum atomic E-state index is 5.88. The number of hydrogen-bond donors (Lipinski definition) is 1. The van der Waals surface area contributed by atoms with Gasteiger partial charge >= 0.3 is 0 Å². The minimum absolute atomic E-state index is 0.150. The van der Waals surface area contributed by atoms with Gasteiger partial charge in [0.2, 0.25) is 0 Å². The quantitative estimate of drug-likeness (QED) is 0.831. The average Bonchev–Trinajstić information content (AvgIpc) is 2.12. The monoisotopic (exact) mass is 213 g/mol. The lowest BCUT2D eigenvalue weighted by Crippen LogP contribution is -2.26. The second-order valence-electron chi connectivity index (χ2n) is 3.40. The first kappa shape index (κ1) is 11.3. The van der Waals surface area contributed by atoms with Gasteiger partial charge < -0.3 is 10.1 Å². The van der Waals surface area contributed by atoms with Crippen LogP contribution in [-0.4, -0.2) is 19.7 Å². The van der Waals surface area contributed by atoms with E-state index in [-0.39, 0.29) is 6.10 Å². The molecule has 0 aliphatic heterocycles. The van der Waals surface area contributed by atoms with E-state index in [1.54, 1.807) is 0 Å². The fourth-order valence-corrected chi connectivity index (χ4v) is 1.41. The maximum Gasteiger partial charge on any atom is 0.124 e. The predicted molar refractivity (Wildman–Crippen MR) is 60.2 cm³/mol. The van der Waals surface area contributed by atoms with Crippen LogP contribution in [0.5, 0.6) is 5.75 Å². The van der Waals surface area contributed by atoms with Gasteiger partial charge in [-0.3, -0.25) is 0 Å². The van der Waals surface area contributed by atoms with Gasteiger partial charge in [0.15, 0.2) is 0 Å². The lowest BCUT2D eigenvalue weighted by Gasteiger charge is -2.16. The third kappa shape index (κ3) is 3.20. The summed E-state index contributed by atoms with van der Waals surface area (Å²) in [6.07, 6.45) is 0.150. The number of rotatable bonds is 4. The summed E-state index contributed by atoms with van der Waals surface area (Å²) < 4.78 is 5.72. The zero-order chi connectivity index (χ0) is 10.6. The lowest BCUT2D eigenvalue weighted by atomic mass is 10.2. The minimum atomic E-state index is 0.150. The Morgan fingerprint density at radius 2 is 2.21 bits per heavy atom. The fourth-order valence-electron chi connectivity index (χ4n) is 1.25. The molecule has 14 heavy (non-hydrogen) atoms. The van der Waals surface area contributed by atoms with Crippen molar-refractivity contribution in [3.8, 4) is 5.75 Å². The van der Waals surface area contributed by atoms with Crippen molar-refractivity contribution >= 4 is 11.6 Å². The zero-order valence-electron chi connectivity index (χ0n) is 8.80. The Hall–Kier alpha value is -0.730. The molecule has 0 bridgehead atoms. The molecule has 0 saturated heterocycles. The van der Waals surface area contributed by atoms with Crippen LogP contribution in [0, 0.1) is 6.92 Å². The summed E-state index contributed by atoms with van der Waals surface area (Å²) in [5.74, 6) is 0.861. The van der Waals surface area contributed by atoms with E-state index in [2.05, 4.69) is 5.32 Å². The molecule has 1 N–H and O–H groups in total. The Bertz CT molecular complexity index is 301. The zero-order valence-corrected chi connectivity index (χ0v) is 9.56. The van der Waals surface area contributed by atoms with Gasteiger partial charge in [-0.15, -0.1) is 0 Å². The van der Waals surface area contributed by atoms with Crippen molar-refractivity contribution in [3.05, 3.63) is 28.8 Å². The Kier molecular flexibility index (Phi) is 4.23. The highest BCUT2D eigenvalue weighted by molar-refractivity contribution is 6.30. The molecule has 1 aromatic rings. The minimum Gasteiger partial charge on any atom is -0.489 e. The first-order valence-corrected chi connectivity index (χ1v) is 5.08. The molecule has 0 heterocycles. The average molecular weight is 214 g/mol. The van der Waals surface area contributed by atoms with E-state index in [1.165, 1.54) is 0 Å². The highest BCUT2D eigenvalue weighted by Gasteiger charge is 2.05. The normalized spacial score (nSPS) is 12.6. The van der Waals surface area contributed by atoms with Gasteiger partial charge in [-0.2, -0.15) is 0 Å². The van der Waals surface area contributed by atoms with Gasteiger partial charge in [0.05, 0.1) is 0 Å². The van der Waals surface area contributed by atoms with Gasteiger partial charge in [-0.05, 0) is 38.6 Å². The highest BCUT2D eigenvalue weighted by Crippen LogP contribution is 2.23. The van der Waals surface area contributed by atoms with Gasteiger partial charge in [0.25, 0.3) is 0 Å². The summed E-state index contributed by atoms with van der Waals surface area (Å²) in [6.45, 7) is 4.86. The van der Waals surface area contributed by atoms with Gasteiger partial charge in [-0.25, -0.2) is 0 Å². The van der Waals surface area contributed by atoms with Crippen LogP contribution >= 0.6 is 11.6 Å².